The summed E-state index contributed by atoms with van der Waals surface area (Å²) in [4.78, 5) is 11.0. The molecule has 0 amide bonds. The topological polar surface area (TPSA) is 65.1 Å². The van der Waals surface area contributed by atoms with Crippen LogP contribution in [0.15, 0.2) is 18.2 Å². The van der Waals surface area contributed by atoms with Gasteiger partial charge in [-0.05, 0) is 76.7 Å². The lowest BCUT2D eigenvalue weighted by molar-refractivity contribution is 0.388. The zero-order valence-corrected chi connectivity index (χ0v) is 19.8. The van der Waals surface area contributed by atoms with Gasteiger partial charge in [-0.1, -0.05) is 17.7 Å². The first kappa shape index (κ1) is 22.3. The van der Waals surface area contributed by atoms with E-state index in [1.165, 1.54) is 16.7 Å². The predicted molar refractivity (Wildman–Crippen MR) is 131 cm³/mol. The molecule has 162 valence electrons. The number of rotatable bonds is 5. The molecule has 30 heavy (non-hydrogen) atoms. The van der Waals surface area contributed by atoms with Crippen LogP contribution in [0.25, 0.3) is 0 Å². The highest BCUT2D eigenvalue weighted by Gasteiger charge is 2.22. The molecule has 1 aliphatic rings. The second-order valence-corrected chi connectivity index (χ2v) is 9.03. The van der Waals surface area contributed by atoms with Gasteiger partial charge in [-0.3, -0.25) is 0 Å². The Kier molecular flexibility index (Phi) is 7.13. The van der Waals surface area contributed by atoms with E-state index in [2.05, 4.69) is 58.8 Å². The Morgan fingerprint density at radius 3 is 2.13 bits per heavy atom. The highest BCUT2D eigenvalue weighted by Crippen LogP contribution is 2.24. The van der Waals surface area contributed by atoms with E-state index < -0.39 is 0 Å². The Balaban J connectivity index is 1.51. The van der Waals surface area contributed by atoms with E-state index in [0.29, 0.717) is 17.2 Å². The van der Waals surface area contributed by atoms with Gasteiger partial charge in [0.15, 0.2) is 5.11 Å². The fourth-order valence-electron chi connectivity index (χ4n) is 4.16. The second-order valence-electron chi connectivity index (χ2n) is 8.62. The molecule has 0 bridgehead atoms. The summed E-state index contributed by atoms with van der Waals surface area (Å²) in [5.41, 5.74) is 4.84. The molecule has 1 heterocycles. The minimum atomic E-state index is 0.401. The lowest BCUT2D eigenvalue weighted by Crippen LogP contribution is -2.42. The summed E-state index contributed by atoms with van der Waals surface area (Å²) in [6.07, 6.45) is 4.33. The number of thiocarbonyl (C=S) groups is 1. The largest absolute Gasteiger partial charge is 0.367 e. The number of anilines is 3. The van der Waals surface area contributed by atoms with Gasteiger partial charge in [0.1, 0.15) is 17.5 Å². The van der Waals surface area contributed by atoms with Crippen LogP contribution in [0.3, 0.4) is 0 Å². The molecule has 0 spiro atoms. The predicted octanol–water partition coefficient (Wildman–Crippen LogP) is 4.49. The average Bonchev–Trinajstić information content (AvgIpc) is 2.66. The van der Waals surface area contributed by atoms with E-state index in [4.69, 9.17) is 12.2 Å². The molecule has 0 atom stereocenters. The monoisotopic (exact) mass is 426 g/mol. The molecular weight excluding hydrogens is 392 g/mol. The maximum Gasteiger partial charge on any atom is 0.171 e. The number of hydrogen-bond donors (Lipinski definition) is 3. The van der Waals surface area contributed by atoms with Gasteiger partial charge in [-0.25, -0.2) is 9.97 Å². The zero-order chi connectivity index (χ0) is 21.8. The van der Waals surface area contributed by atoms with Crippen LogP contribution in [-0.4, -0.2) is 41.3 Å². The smallest absolute Gasteiger partial charge is 0.171 e. The van der Waals surface area contributed by atoms with Crippen LogP contribution in [0.4, 0.5) is 17.3 Å². The quantitative estimate of drug-likeness (QED) is 0.609. The van der Waals surface area contributed by atoms with Crippen molar-refractivity contribution in [2.24, 2.45) is 0 Å². The van der Waals surface area contributed by atoms with Gasteiger partial charge in [0.2, 0.25) is 0 Å². The molecule has 3 N–H and O–H groups in total. The normalized spacial score (nSPS) is 18.6. The maximum atomic E-state index is 5.60. The van der Waals surface area contributed by atoms with Crippen molar-refractivity contribution >= 4 is 34.7 Å². The Morgan fingerprint density at radius 1 is 0.933 bits per heavy atom. The first-order chi connectivity index (χ1) is 14.2. The Morgan fingerprint density at radius 2 is 1.53 bits per heavy atom. The summed E-state index contributed by atoms with van der Waals surface area (Å²) in [5.74, 6) is 2.63. The third kappa shape index (κ3) is 5.81. The Hall–Kier alpha value is -2.41. The number of nitrogens with one attached hydrogen (secondary N) is 3. The third-order valence-corrected chi connectivity index (χ3v) is 5.83. The molecular formula is C23H34N6S. The third-order valence-electron chi connectivity index (χ3n) is 5.61. The molecule has 6 nitrogen and oxygen atoms in total. The van der Waals surface area contributed by atoms with E-state index in [1.54, 1.807) is 0 Å². The number of nitrogens with zero attached hydrogens (tertiary/aromatic N) is 3. The molecule has 1 fully saturated rings. The fraction of sp³-hybridized carbons (Fsp3) is 0.522. The van der Waals surface area contributed by atoms with E-state index in [-0.39, 0.29) is 0 Å². The van der Waals surface area contributed by atoms with Gasteiger partial charge in [0.25, 0.3) is 0 Å². The molecule has 0 unspecified atom stereocenters. The van der Waals surface area contributed by atoms with Crippen molar-refractivity contribution in [1.29, 1.82) is 0 Å². The fourth-order valence-corrected chi connectivity index (χ4v) is 4.43. The van der Waals surface area contributed by atoms with Crippen molar-refractivity contribution in [3.05, 3.63) is 40.7 Å². The number of benzene rings is 1. The van der Waals surface area contributed by atoms with Crippen molar-refractivity contribution in [3.63, 3.8) is 0 Å². The summed E-state index contributed by atoms with van der Waals surface area (Å²) >= 11 is 5.60. The molecule has 0 saturated heterocycles. The van der Waals surface area contributed by atoms with Gasteiger partial charge in [-0.2, -0.15) is 0 Å². The van der Waals surface area contributed by atoms with Crippen molar-refractivity contribution in [1.82, 2.24) is 15.3 Å². The Labute approximate surface area is 185 Å². The number of hydrogen-bond acceptors (Lipinski definition) is 5. The summed E-state index contributed by atoms with van der Waals surface area (Å²) in [7, 11) is 4.00. The highest BCUT2D eigenvalue weighted by molar-refractivity contribution is 7.80. The number of aromatic nitrogens is 2. The standard InChI is InChI=1S/C23H34N6S/c1-14-11-15(2)22(16(3)12-14)28-23(30)27-19-9-7-18(8-10-19)26-20-13-21(29(5)6)25-17(4)24-20/h11-13,18-19H,7-10H2,1-6H3,(H,24,25,26)(H2,27,28,30)/t18-,19+. The first-order valence-corrected chi connectivity index (χ1v) is 11.1. The minimum absolute atomic E-state index is 0.401. The van der Waals surface area contributed by atoms with E-state index in [0.717, 1.165) is 48.8 Å². The van der Waals surface area contributed by atoms with Gasteiger partial charge in [0.05, 0.1) is 0 Å². The van der Waals surface area contributed by atoms with E-state index in [9.17, 15) is 0 Å². The number of aryl methyl sites for hydroxylation is 4. The molecule has 1 aromatic heterocycles. The summed E-state index contributed by atoms with van der Waals surface area (Å²) in [6.45, 7) is 8.30. The van der Waals surface area contributed by atoms with Crippen LogP contribution in [0, 0.1) is 27.7 Å². The molecule has 1 aromatic carbocycles. The van der Waals surface area contributed by atoms with Crippen molar-refractivity contribution in [2.45, 2.75) is 65.5 Å². The Bertz CT molecular complexity index is 880. The van der Waals surface area contributed by atoms with Crippen molar-refractivity contribution < 1.29 is 0 Å². The lowest BCUT2D eigenvalue weighted by atomic mass is 9.91. The summed E-state index contributed by atoms with van der Waals surface area (Å²) < 4.78 is 0. The van der Waals surface area contributed by atoms with Crippen molar-refractivity contribution in [3.8, 4) is 0 Å². The molecule has 1 saturated carbocycles. The molecule has 0 radical (unpaired) electrons. The molecule has 1 aliphatic carbocycles. The lowest BCUT2D eigenvalue weighted by Gasteiger charge is -2.31. The van der Waals surface area contributed by atoms with Gasteiger partial charge in [0, 0.05) is 37.9 Å². The van der Waals surface area contributed by atoms with Crippen LogP contribution in [0.1, 0.15) is 48.2 Å². The van der Waals surface area contributed by atoms with Crippen molar-refractivity contribution in [2.75, 3.05) is 29.6 Å². The summed E-state index contributed by atoms with van der Waals surface area (Å²) in [6, 6.07) is 7.22. The van der Waals surface area contributed by atoms with E-state index in [1.807, 2.05) is 32.0 Å². The van der Waals surface area contributed by atoms with Crippen LogP contribution < -0.4 is 20.9 Å². The summed E-state index contributed by atoms with van der Waals surface area (Å²) in [5, 5.41) is 11.2. The van der Waals surface area contributed by atoms with Gasteiger partial charge >= 0.3 is 0 Å². The molecule has 7 heteroatoms. The molecule has 3 rings (SSSR count). The minimum Gasteiger partial charge on any atom is -0.367 e. The zero-order valence-electron chi connectivity index (χ0n) is 19.0. The van der Waals surface area contributed by atoms with Crippen LogP contribution in [-0.2, 0) is 0 Å². The molecule has 0 aliphatic heterocycles. The SMILES string of the molecule is Cc1cc(C)c(NC(=S)N[C@H]2CC[C@@H](Nc3cc(N(C)C)nc(C)n3)CC2)c(C)c1. The van der Waals surface area contributed by atoms with Gasteiger partial charge in [-0.15, -0.1) is 0 Å². The van der Waals surface area contributed by atoms with Crippen LogP contribution in [0.5, 0.6) is 0 Å². The first-order valence-electron chi connectivity index (χ1n) is 10.7. The molecule has 2 aromatic rings. The van der Waals surface area contributed by atoms with Gasteiger partial charge < -0.3 is 20.9 Å². The van der Waals surface area contributed by atoms with Crippen LogP contribution in [0.2, 0.25) is 0 Å². The maximum absolute atomic E-state index is 5.60. The van der Waals surface area contributed by atoms with E-state index >= 15 is 0 Å². The second kappa shape index (κ2) is 9.60. The highest BCUT2D eigenvalue weighted by atomic mass is 32.1. The average molecular weight is 427 g/mol. The van der Waals surface area contributed by atoms with Crippen LogP contribution >= 0.6 is 12.2 Å².